The van der Waals surface area contributed by atoms with Gasteiger partial charge in [-0.25, -0.2) is 0 Å². The lowest BCUT2D eigenvalue weighted by Crippen LogP contribution is -2.05. The van der Waals surface area contributed by atoms with Gasteiger partial charge in [0.25, 0.3) is 5.69 Å². The molecule has 76 valence electrons. The van der Waals surface area contributed by atoms with Crippen LogP contribution in [0.25, 0.3) is 0 Å². The van der Waals surface area contributed by atoms with Crippen LogP contribution < -0.4 is 0 Å². The Morgan fingerprint density at radius 3 is 2.80 bits per heavy atom. The first-order chi connectivity index (χ1) is 7.07. The Morgan fingerprint density at radius 2 is 2.27 bits per heavy atom. The maximum Gasteiger partial charge on any atom is 0.280 e. The fraction of sp³-hybridized carbons (Fsp3) is 0.200. The summed E-state index contributed by atoms with van der Waals surface area (Å²) in [5.74, 6) is -0.512. The van der Waals surface area contributed by atoms with Gasteiger partial charge in [-0.3, -0.25) is 14.9 Å². The van der Waals surface area contributed by atoms with Crippen molar-refractivity contribution < 1.29 is 9.72 Å². The minimum Gasteiger partial charge on any atom is -0.293 e. The fourth-order valence-electron chi connectivity index (χ4n) is 1.33. The van der Waals surface area contributed by atoms with Crippen LogP contribution in [0.3, 0.4) is 0 Å². The number of hydrogen-bond acceptors (Lipinski definition) is 4. The van der Waals surface area contributed by atoms with Crippen molar-refractivity contribution in [3.63, 3.8) is 0 Å². The summed E-state index contributed by atoms with van der Waals surface area (Å²) in [7, 11) is 0. The molecule has 15 heavy (non-hydrogen) atoms. The summed E-state index contributed by atoms with van der Waals surface area (Å²) in [5, 5.41) is 19.0. The summed E-state index contributed by atoms with van der Waals surface area (Å²) in [4.78, 5) is 21.5. The Bertz CT molecular complexity index is 460. The second-order valence-corrected chi connectivity index (χ2v) is 2.98. The number of Topliss-reactive ketones (excluding diaryl/α,β-unsaturated/α-hetero) is 1. The summed E-state index contributed by atoms with van der Waals surface area (Å²) in [6.45, 7) is 1.61. The van der Waals surface area contributed by atoms with E-state index < -0.39 is 10.7 Å². The molecule has 0 amide bonds. The molecule has 0 aliphatic rings. The molecule has 0 saturated heterocycles. The Morgan fingerprint density at radius 1 is 1.60 bits per heavy atom. The van der Waals surface area contributed by atoms with Crippen LogP contribution in [0.1, 0.15) is 22.3 Å². The standard InChI is InChI=1S/C10H8N2O3/c1-7-3-2-4-8(12(14)15)10(7)9(13)5-6-11/h2-4H,5H2,1H3. The van der Waals surface area contributed by atoms with Crippen LogP contribution >= 0.6 is 0 Å². The van der Waals surface area contributed by atoms with Crippen LogP contribution in [0.15, 0.2) is 18.2 Å². The molecule has 0 aromatic heterocycles. The average molecular weight is 204 g/mol. The minimum atomic E-state index is -0.613. The monoisotopic (exact) mass is 204 g/mol. The highest BCUT2D eigenvalue weighted by Gasteiger charge is 2.21. The maximum atomic E-state index is 11.5. The van der Waals surface area contributed by atoms with Crippen molar-refractivity contribution in [3.05, 3.63) is 39.4 Å². The van der Waals surface area contributed by atoms with Gasteiger partial charge in [0.1, 0.15) is 0 Å². The van der Waals surface area contributed by atoms with Gasteiger partial charge in [0, 0.05) is 6.07 Å². The third kappa shape index (κ3) is 2.17. The molecule has 1 aromatic rings. The average Bonchev–Trinajstić information content (AvgIpc) is 2.17. The van der Waals surface area contributed by atoms with E-state index in [0.717, 1.165) is 0 Å². The number of benzene rings is 1. The van der Waals surface area contributed by atoms with Gasteiger partial charge in [-0.15, -0.1) is 0 Å². The molecule has 0 spiro atoms. The van der Waals surface area contributed by atoms with Crippen molar-refractivity contribution in [2.45, 2.75) is 13.3 Å². The van der Waals surface area contributed by atoms with E-state index in [-0.39, 0.29) is 17.7 Å². The van der Waals surface area contributed by atoms with E-state index in [4.69, 9.17) is 5.26 Å². The highest BCUT2D eigenvalue weighted by atomic mass is 16.6. The first kappa shape index (κ1) is 10.9. The zero-order valence-corrected chi connectivity index (χ0v) is 8.06. The SMILES string of the molecule is Cc1cccc([N+](=O)[O-])c1C(=O)CC#N. The number of hydrogen-bond donors (Lipinski definition) is 0. The Labute approximate surface area is 86.1 Å². The molecule has 0 N–H and O–H groups in total. The molecule has 0 heterocycles. The zero-order valence-electron chi connectivity index (χ0n) is 8.06. The van der Waals surface area contributed by atoms with Gasteiger partial charge in [-0.05, 0) is 12.5 Å². The lowest BCUT2D eigenvalue weighted by molar-refractivity contribution is -0.385. The number of carbonyl (C=O) groups excluding carboxylic acids is 1. The van der Waals surface area contributed by atoms with Gasteiger partial charge in [0.05, 0.1) is 23.0 Å². The Hall–Kier alpha value is -2.22. The van der Waals surface area contributed by atoms with E-state index in [1.165, 1.54) is 12.1 Å². The van der Waals surface area contributed by atoms with Crippen LogP contribution in [0, 0.1) is 28.4 Å². The molecule has 5 nitrogen and oxygen atoms in total. The quantitative estimate of drug-likeness (QED) is 0.428. The largest absolute Gasteiger partial charge is 0.293 e. The summed E-state index contributed by atoms with van der Waals surface area (Å²) in [6, 6.07) is 6.07. The van der Waals surface area contributed by atoms with E-state index in [1.807, 2.05) is 0 Å². The van der Waals surface area contributed by atoms with Gasteiger partial charge in [-0.1, -0.05) is 12.1 Å². The van der Waals surface area contributed by atoms with Crippen molar-refractivity contribution >= 4 is 11.5 Å². The summed E-state index contributed by atoms with van der Waals surface area (Å²) in [6.07, 6.45) is -0.342. The predicted molar refractivity (Wildman–Crippen MR) is 52.4 cm³/mol. The molecule has 0 radical (unpaired) electrons. The number of nitrogens with zero attached hydrogens (tertiary/aromatic N) is 2. The molecule has 0 bridgehead atoms. The van der Waals surface area contributed by atoms with Crippen molar-refractivity contribution in [3.8, 4) is 6.07 Å². The number of nitro benzene ring substituents is 1. The van der Waals surface area contributed by atoms with Crippen LogP contribution in [0.2, 0.25) is 0 Å². The Balaban J connectivity index is 3.32. The number of nitro groups is 1. The highest BCUT2D eigenvalue weighted by molar-refractivity contribution is 6.02. The first-order valence-corrected chi connectivity index (χ1v) is 4.22. The normalized spacial score (nSPS) is 9.33. The highest BCUT2D eigenvalue weighted by Crippen LogP contribution is 2.22. The molecule has 5 heteroatoms. The van der Waals surface area contributed by atoms with Crippen LogP contribution in [-0.2, 0) is 0 Å². The van der Waals surface area contributed by atoms with Gasteiger partial charge in [-0.2, -0.15) is 5.26 Å². The van der Waals surface area contributed by atoms with Crippen LogP contribution in [-0.4, -0.2) is 10.7 Å². The second-order valence-electron chi connectivity index (χ2n) is 2.98. The number of carbonyl (C=O) groups is 1. The molecule has 1 rings (SSSR count). The van der Waals surface area contributed by atoms with E-state index in [9.17, 15) is 14.9 Å². The molecule has 0 fully saturated rings. The molecule has 0 aliphatic carbocycles. The van der Waals surface area contributed by atoms with Gasteiger partial charge >= 0.3 is 0 Å². The lowest BCUT2D eigenvalue weighted by atomic mass is 10.0. The van der Waals surface area contributed by atoms with Gasteiger partial charge < -0.3 is 0 Å². The molecular formula is C10H8N2O3. The molecular weight excluding hydrogens is 196 g/mol. The van der Waals surface area contributed by atoms with Crippen molar-refractivity contribution in [1.82, 2.24) is 0 Å². The van der Waals surface area contributed by atoms with E-state index >= 15 is 0 Å². The molecule has 0 unspecified atom stereocenters. The summed E-state index contributed by atoms with van der Waals surface area (Å²) in [5.41, 5.74) is 0.309. The van der Waals surface area contributed by atoms with Crippen molar-refractivity contribution in [1.29, 1.82) is 5.26 Å². The minimum absolute atomic E-state index is 0.0315. The topological polar surface area (TPSA) is 84.0 Å². The van der Waals surface area contributed by atoms with E-state index in [0.29, 0.717) is 5.56 Å². The van der Waals surface area contributed by atoms with Crippen molar-refractivity contribution in [2.75, 3.05) is 0 Å². The van der Waals surface area contributed by atoms with Gasteiger partial charge in [0.2, 0.25) is 0 Å². The smallest absolute Gasteiger partial charge is 0.280 e. The molecule has 0 saturated carbocycles. The molecule has 1 aromatic carbocycles. The van der Waals surface area contributed by atoms with Crippen LogP contribution in [0.5, 0.6) is 0 Å². The zero-order chi connectivity index (χ0) is 11.4. The number of nitriles is 1. The lowest BCUT2D eigenvalue weighted by Gasteiger charge is -2.02. The third-order valence-electron chi connectivity index (χ3n) is 1.97. The van der Waals surface area contributed by atoms with E-state index in [2.05, 4.69) is 0 Å². The number of ketones is 1. The fourth-order valence-corrected chi connectivity index (χ4v) is 1.33. The number of aryl methyl sites for hydroxylation is 1. The molecule has 0 atom stereocenters. The van der Waals surface area contributed by atoms with E-state index in [1.54, 1.807) is 19.1 Å². The molecule has 0 aliphatic heterocycles. The number of rotatable bonds is 3. The van der Waals surface area contributed by atoms with Gasteiger partial charge in [0.15, 0.2) is 5.78 Å². The van der Waals surface area contributed by atoms with Crippen molar-refractivity contribution in [2.24, 2.45) is 0 Å². The van der Waals surface area contributed by atoms with Crippen LogP contribution in [0.4, 0.5) is 5.69 Å². The predicted octanol–water partition coefficient (Wildman–Crippen LogP) is 2.00. The summed E-state index contributed by atoms with van der Waals surface area (Å²) < 4.78 is 0. The first-order valence-electron chi connectivity index (χ1n) is 4.22. The maximum absolute atomic E-state index is 11.5. The summed E-state index contributed by atoms with van der Waals surface area (Å²) >= 11 is 0. The third-order valence-corrected chi connectivity index (χ3v) is 1.97. The second kappa shape index (κ2) is 4.33. The Kier molecular flexibility index (Phi) is 3.13.